The average Bonchev–Trinajstić information content (AvgIpc) is 2.88. The van der Waals surface area contributed by atoms with Crippen molar-refractivity contribution < 1.29 is 22.7 Å². The van der Waals surface area contributed by atoms with Gasteiger partial charge in [0.25, 0.3) is 0 Å². The van der Waals surface area contributed by atoms with Crippen LogP contribution in [0.5, 0.6) is 5.75 Å². The molecule has 0 heterocycles. The molecular weight excluding hydrogens is 538 g/mol. The second-order valence-corrected chi connectivity index (χ2v) is 11.8. The maximum Gasteiger partial charge on any atom is 0.244 e. The number of halogens is 1. The van der Waals surface area contributed by atoms with E-state index in [4.69, 9.17) is 16.3 Å². The third kappa shape index (κ3) is 8.73. The fourth-order valence-electron chi connectivity index (χ4n) is 4.15. The van der Waals surface area contributed by atoms with Crippen molar-refractivity contribution in [2.24, 2.45) is 0 Å². The molecule has 0 radical (unpaired) electrons. The molecule has 1 N–H and O–H groups in total. The molecular formula is C29H34ClN3O5S. The summed E-state index contributed by atoms with van der Waals surface area (Å²) in [7, 11) is -2.32. The summed E-state index contributed by atoms with van der Waals surface area (Å²) in [5.41, 5.74) is 1.84. The van der Waals surface area contributed by atoms with Crippen molar-refractivity contribution in [2.75, 3.05) is 24.2 Å². The van der Waals surface area contributed by atoms with Gasteiger partial charge in [-0.2, -0.15) is 0 Å². The van der Waals surface area contributed by atoms with Gasteiger partial charge < -0.3 is 15.0 Å². The van der Waals surface area contributed by atoms with Crippen LogP contribution < -0.4 is 14.4 Å². The topological polar surface area (TPSA) is 96.0 Å². The highest BCUT2D eigenvalue weighted by Crippen LogP contribution is 2.24. The van der Waals surface area contributed by atoms with Crippen LogP contribution in [-0.2, 0) is 32.6 Å². The first-order valence-electron chi connectivity index (χ1n) is 12.5. The van der Waals surface area contributed by atoms with E-state index < -0.39 is 28.5 Å². The zero-order valence-corrected chi connectivity index (χ0v) is 24.1. The van der Waals surface area contributed by atoms with Crippen LogP contribution in [0.15, 0.2) is 78.9 Å². The lowest BCUT2D eigenvalue weighted by Crippen LogP contribution is -2.54. The molecule has 8 nitrogen and oxygen atoms in total. The van der Waals surface area contributed by atoms with Gasteiger partial charge in [0.05, 0.1) is 19.1 Å². The molecule has 0 saturated carbocycles. The van der Waals surface area contributed by atoms with E-state index in [9.17, 15) is 18.0 Å². The van der Waals surface area contributed by atoms with Crippen LogP contribution in [0.1, 0.15) is 25.0 Å². The first-order chi connectivity index (χ1) is 18.5. The summed E-state index contributed by atoms with van der Waals surface area (Å²) in [6.07, 6.45) is 1.27. The van der Waals surface area contributed by atoms with Gasteiger partial charge in [-0.3, -0.25) is 13.9 Å². The van der Waals surface area contributed by atoms with Crippen molar-refractivity contribution in [1.82, 2.24) is 10.2 Å². The Bertz CT molecular complexity index is 1380. The Morgan fingerprint density at radius 1 is 0.949 bits per heavy atom. The van der Waals surface area contributed by atoms with Gasteiger partial charge in [0.15, 0.2) is 0 Å². The molecule has 1 atom stereocenters. The summed E-state index contributed by atoms with van der Waals surface area (Å²) in [5, 5.41) is 3.26. The van der Waals surface area contributed by atoms with Crippen LogP contribution in [-0.4, -0.2) is 57.1 Å². The number of benzene rings is 3. The first-order valence-corrected chi connectivity index (χ1v) is 14.7. The molecule has 3 aromatic carbocycles. The highest BCUT2D eigenvalue weighted by molar-refractivity contribution is 7.92. The van der Waals surface area contributed by atoms with E-state index in [-0.39, 0.29) is 30.6 Å². The van der Waals surface area contributed by atoms with Crippen molar-refractivity contribution in [3.63, 3.8) is 0 Å². The van der Waals surface area contributed by atoms with E-state index in [1.54, 1.807) is 43.5 Å². The largest absolute Gasteiger partial charge is 0.497 e. The third-order valence-electron chi connectivity index (χ3n) is 5.96. The Labute approximate surface area is 235 Å². The number of nitrogens with one attached hydrogen (secondary N) is 1. The normalized spacial score (nSPS) is 12.1. The maximum atomic E-state index is 14.0. The number of rotatable bonds is 12. The number of anilines is 1. The molecule has 0 aromatic heterocycles. The monoisotopic (exact) mass is 571 g/mol. The van der Waals surface area contributed by atoms with Crippen molar-refractivity contribution >= 4 is 39.1 Å². The maximum absolute atomic E-state index is 14.0. The number of carbonyl (C=O) groups excluding carboxylic acids is 2. The van der Waals surface area contributed by atoms with Gasteiger partial charge in [0.1, 0.15) is 18.3 Å². The lowest BCUT2D eigenvalue weighted by atomic mass is 10.0. The smallest absolute Gasteiger partial charge is 0.244 e. The van der Waals surface area contributed by atoms with Crippen molar-refractivity contribution in [3.05, 3.63) is 95.0 Å². The van der Waals surface area contributed by atoms with E-state index in [1.807, 2.05) is 50.2 Å². The highest BCUT2D eigenvalue weighted by atomic mass is 35.5. The van der Waals surface area contributed by atoms with E-state index in [1.165, 1.54) is 11.0 Å². The highest BCUT2D eigenvalue weighted by Gasteiger charge is 2.33. The van der Waals surface area contributed by atoms with Gasteiger partial charge >= 0.3 is 0 Å². The predicted octanol–water partition coefficient (Wildman–Crippen LogP) is 4.28. The predicted molar refractivity (Wildman–Crippen MR) is 154 cm³/mol. The minimum atomic E-state index is -3.86. The van der Waals surface area contributed by atoms with Gasteiger partial charge in [-0.15, -0.1) is 0 Å². The Morgan fingerprint density at radius 2 is 1.62 bits per heavy atom. The van der Waals surface area contributed by atoms with Crippen LogP contribution in [0.4, 0.5) is 5.69 Å². The quantitative estimate of drug-likeness (QED) is 0.350. The molecule has 208 valence electrons. The molecule has 0 saturated heterocycles. The number of carbonyl (C=O) groups is 2. The van der Waals surface area contributed by atoms with Crippen LogP contribution in [0.2, 0.25) is 5.02 Å². The molecule has 0 bridgehead atoms. The summed E-state index contributed by atoms with van der Waals surface area (Å²) in [6.45, 7) is 3.24. The van der Waals surface area contributed by atoms with Gasteiger partial charge in [0, 0.05) is 24.0 Å². The Kier molecular flexibility index (Phi) is 10.4. The van der Waals surface area contributed by atoms with Crippen LogP contribution in [0, 0.1) is 0 Å². The Morgan fingerprint density at radius 3 is 2.23 bits per heavy atom. The number of ether oxygens (including phenoxy) is 1. The molecule has 3 rings (SSSR count). The average molecular weight is 572 g/mol. The minimum absolute atomic E-state index is 0.0617. The lowest BCUT2D eigenvalue weighted by Gasteiger charge is -2.34. The molecule has 0 unspecified atom stereocenters. The molecule has 0 fully saturated rings. The van der Waals surface area contributed by atoms with Gasteiger partial charge in [-0.05, 0) is 55.3 Å². The minimum Gasteiger partial charge on any atom is -0.497 e. The summed E-state index contributed by atoms with van der Waals surface area (Å²) in [6, 6.07) is 21.8. The second kappa shape index (κ2) is 13.5. The zero-order valence-electron chi connectivity index (χ0n) is 22.5. The lowest BCUT2D eigenvalue weighted by molar-refractivity contribution is -0.140. The molecule has 2 amide bonds. The van der Waals surface area contributed by atoms with Gasteiger partial charge in [-0.1, -0.05) is 60.1 Å². The van der Waals surface area contributed by atoms with Crippen molar-refractivity contribution in [2.45, 2.75) is 38.9 Å². The van der Waals surface area contributed by atoms with E-state index in [2.05, 4.69) is 5.32 Å². The van der Waals surface area contributed by atoms with Crippen LogP contribution in [0.3, 0.4) is 0 Å². The number of nitrogens with zero attached hydrogens (tertiary/aromatic N) is 2. The zero-order chi connectivity index (χ0) is 28.6. The molecule has 0 aliphatic heterocycles. The van der Waals surface area contributed by atoms with Crippen molar-refractivity contribution in [3.8, 4) is 5.75 Å². The number of hydrogen-bond acceptors (Lipinski definition) is 5. The number of sulfonamides is 1. The summed E-state index contributed by atoms with van der Waals surface area (Å²) >= 11 is 6.12. The molecule has 10 heteroatoms. The SMILES string of the molecule is COc1cccc(CN(C(=O)CN(c2cccc(Cl)c2)S(C)(=O)=O)[C@@H](Cc2ccccc2)C(=O)NC(C)C)c1. The first kappa shape index (κ1) is 30.0. The number of amides is 2. The fourth-order valence-corrected chi connectivity index (χ4v) is 5.17. The molecule has 0 aliphatic rings. The molecule has 0 spiro atoms. The van der Waals surface area contributed by atoms with E-state index >= 15 is 0 Å². The Balaban J connectivity index is 2.07. The summed E-state index contributed by atoms with van der Waals surface area (Å²) in [4.78, 5) is 29.0. The van der Waals surface area contributed by atoms with Gasteiger partial charge in [0.2, 0.25) is 21.8 Å². The van der Waals surface area contributed by atoms with E-state index in [0.29, 0.717) is 10.8 Å². The summed E-state index contributed by atoms with van der Waals surface area (Å²) in [5.74, 6) is -0.273. The number of methoxy groups -OCH3 is 1. The van der Waals surface area contributed by atoms with Gasteiger partial charge in [-0.25, -0.2) is 8.42 Å². The molecule has 3 aromatic rings. The Hall–Kier alpha value is -3.56. The third-order valence-corrected chi connectivity index (χ3v) is 7.34. The van der Waals surface area contributed by atoms with Crippen LogP contribution >= 0.6 is 11.6 Å². The number of hydrogen-bond donors (Lipinski definition) is 1. The summed E-state index contributed by atoms with van der Waals surface area (Å²) < 4.78 is 31.9. The van der Waals surface area contributed by atoms with Crippen molar-refractivity contribution in [1.29, 1.82) is 0 Å². The standard InChI is InChI=1S/C29H34ClN3O5S/c1-21(2)31-29(35)27(17-22-10-6-5-7-11-22)32(19-23-12-8-15-26(16-23)38-3)28(34)20-33(39(4,36)37)25-14-9-13-24(30)18-25/h5-16,18,21,27H,17,19-20H2,1-4H3,(H,31,35)/t27-/m0/s1. The fraction of sp³-hybridized carbons (Fsp3) is 0.310. The van der Waals surface area contributed by atoms with E-state index in [0.717, 1.165) is 21.7 Å². The second-order valence-electron chi connectivity index (χ2n) is 9.49. The molecule has 0 aliphatic carbocycles. The van der Waals surface area contributed by atoms with Crippen LogP contribution in [0.25, 0.3) is 0 Å². The molecule has 39 heavy (non-hydrogen) atoms.